The van der Waals surface area contributed by atoms with Crippen molar-refractivity contribution in [3.05, 3.63) is 72.3 Å². The van der Waals surface area contributed by atoms with E-state index in [1.807, 2.05) is 48.5 Å². The van der Waals surface area contributed by atoms with Gasteiger partial charge in [-0.05, 0) is 37.1 Å². The van der Waals surface area contributed by atoms with Crippen LogP contribution in [0.4, 0.5) is 10.8 Å². The average Bonchev–Trinajstić information content (AvgIpc) is 3.62. The van der Waals surface area contributed by atoms with Crippen LogP contribution in [-0.4, -0.2) is 44.3 Å². The Morgan fingerprint density at radius 3 is 2.57 bits per heavy atom. The summed E-state index contributed by atoms with van der Waals surface area (Å²) in [5.41, 5.74) is 8.94. The van der Waals surface area contributed by atoms with Gasteiger partial charge in [0.2, 0.25) is 0 Å². The Bertz CT molecular complexity index is 1590. The predicted molar refractivity (Wildman–Crippen MR) is 136 cm³/mol. The molecular formula is C25H21N7O2S. The van der Waals surface area contributed by atoms with Crippen LogP contribution in [0.5, 0.6) is 0 Å². The molecule has 1 aliphatic rings. The fourth-order valence-corrected chi connectivity index (χ4v) is 5.36. The van der Waals surface area contributed by atoms with Gasteiger partial charge in [-0.1, -0.05) is 41.7 Å². The number of benzene rings is 2. The van der Waals surface area contributed by atoms with E-state index in [-0.39, 0.29) is 22.9 Å². The Kier molecular flexibility index (Phi) is 5.14. The van der Waals surface area contributed by atoms with Crippen molar-refractivity contribution in [3.63, 3.8) is 0 Å². The number of hydrogen-bond acceptors (Lipinski definition) is 7. The van der Waals surface area contributed by atoms with Gasteiger partial charge < -0.3 is 16.0 Å². The molecule has 35 heavy (non-hydrogen) atoms. The van der Waals surface area contributed by atoms with Crippen LogP contribution in [0.1, 0.15) is 33.8 Å². The summed E-state index contributed by atoms with van der Waals surface area (Å²) in [7, 11) is 0. The highest BCUT2D eigenvalue weighted by atomic mass is 32.1. The van der Waals surface area contributed by atoms with Gasteiger partial charge in [-0.3, -0.25) is 14.0 Å². The Morgan fingerprint density at radius 1 is 1.00 bits per heavy atom. The van der Waals surface area contributed by atoms with Crippen LogP contribution in [0.15, 0.2) is 60.9 Å². The monoisotopic (exact) mass is 483 g/mol. The van der Waals surface area contributed by atoms with Gasteiger partial charge in [-0.2, -0.15) is 0 Å². The minimum absolute atomic E-state index is 0.0114. The third-order valence-electron chi connectivity index (χ3n) is 6.05. The molecule has 5 aromatic rings. The molecule has 0 bridgehead atoms. The molecule has 0 saturated carbocycles. The van der Waals surface area contributed by atoms with Crippen LogP contribution in [0.25, 0.3) is 27.1 Å². The topological polar surface area (TPSA) is 119 Å². The van der Waals surface area contributed by atoms with Gasteiger partial charge in [0, 0.05) is 24.3 Å². The maximum absolute atomic E-state index is 13.4. The average molecular weight is 484 g/mol. The number of imidazole rings is 1. The van der Waals surface area contributed by atoms with Crippen LogP contribution in [0.3, 0.4) is 0 Å². The summed E-state index contributed by atoms with van der Waals surface area (Å²) in [6.07, 6.45) is 3.77. The summed E-state index contributed by atoms with van der Waals surface area (Å²) >= 11 is 1.63. The number of hydrogen-bond donors (Lipinski definition) is 2. The highest BCUT2D eigenvalue weighted by molar-refractivity contribution is 7.22. The SMILES string of the molecule is NC(=O)c1ncn2c(C(=O)Nc3ccc4nc(N5CCCC5)sc4c3)cc(-c3ccccc3)nc12. The third kappa shape index (κ3) is 3.87. The molecule has 0 radical (unpaired) electrons. The quantitative estimate of drug-likeness (QED) is 0.391. The molecular weight excluding hydrogens is 462 g/mol. The normalized spacial score (nSPS) is 13.5. The molecule has 0 spiro atoms. The second-order valence-corrected chi connectivity index (χ2v) is 9.38. The number of anilines is 2. The second-order valence-electron chi connectivity index (χ2n) is 8.37. The number of thiazole rings is 1. The minimum Gasteiger partial charge on any atom is -0.364 e. The number of aromatic nitrogens is 4. The molecule has 1 fully saturated rings. The summed E-state index contributed by atoms with van der Waals surface area (Å²) in [6, 6.07) is 16.8. The van der Waals surface area contributed by atoms with Gasteiger partial charge in [-0.25, -0.2) is 15.0 Å². The van der Waals surface area contributed by atoms with E-state index in [1.54, 1.807) is 17.4 Å². The zero-order valence-electron chi connectivity index (χ0n) is 18.6. The summed E-state index contributed by atoms with van der Waals surface area (Å²) in [5, 5.41) is 3.99. The van der Waals surface area contributed by atoms with Crippen molar-refractivity contribution >= 4 is 49.8 Å². The Morgan fingerprint density at radius 2 is 1.80 bits per heavy atom. The van der Waals surface area contributed by atoms with Crippen LogP contribution < -0.4 is 16.0 Å². The third-order valence-corrected chi connectivity index (χ3v) is 7.13. The van der Waals surface area contributed by atoms with E-state index < -0.39 is 5.91 Å². The molecule has 10 heteroatoms. The Balaban J connectivity index is 1.37. The number of nitrogens with one attached hydrogen (secondary N) is 1. The molecule has 3 aromatic heterocycles. The van der Waals surface area contributed by atoms with E-state index in [2.05, 4.69) is 20.2 Å². The van der Waals surface area contributed by atoms with Crippen molar-refractivity contribution in [2.45, 2.75) is 12.8 Å². The number of carbonyl (C=O) groups is 2. The molecule has 3 N–H and O–H groups in total. The lowest BCUT2D eigenvalue weighted by atomic mass is 10.1. The van der Waals surface area contributed by atoms with E-state index in [0.29, 0.717) is 11.4 Å². The van der Waals surface area contributed by atoms with Gasteiger partial charge >= 0.3 is 0 Å². The van der Waals surface area contributed by atoms with E-state index in [1.165, 1.54) is 23.6 Å². The van der Waals surface area contributed by atoms with Crippen LogP contribution in [0, 0.1) is 0 Å². The predicted octanol–water partition coefficient (Wildman–Crippen LogP) is 3.96. The lowest BCUT2D eigenvalue weighted by molar-refractivity contribution is 0.0993. The van der Waals surface area contributed by atoms with Crippen LogP contribution >= 0.6 is 11.3 Å². The smallest absolute Gasteiger partial charge is 0.272 e. The number of carbonyl (C=O) groups excluding carboxylic acids is 2. The molecule has 0 unspecified atom stereocenters. The van der Waals surface area contributed by atoms with E-state index in [4.69, 9.17) is 10.7 Å². The Hall–Kier alpha value is -4.31. The summed E-state index contributed by atoms with van der Waals surface area (Å²) in [4.78, 5) is 41.0. The molecule has 4 heterocycles. The highest BCUT2D eigenvalue weighted by Gasteiger charge is 2.20. The lowest BCUT2D eigenvalue weighted by Gasteiger charge is -2.11. The first kappa shape index (κ1) is 21.2. The van der Waals surface area contributed by atoms with Crippen molar-refractivity contribution in [2.24, 2.45) is 5.73 Å². The standard InChI is InChI=1S/C25H21N7O2S/c26-22(33)21-23-29-18(15-6-2-1-3-7-15)13-19(32(23)14-27-21)24(34)28-16-8-9-17-20(12-16)35-25(30-17)31-10-4-5-11-31/h1-3,6-9,12-14H,4-5,10-11H2,(H2,26,33)(H,28,34). The van der Waals surface area contributed by atoms with E-state index >= 15 is 0 Å². The summed E-state index contributed by atoms with van der Waals surface area (Å²) in [5.74, 6) is -1.06. The fourth-order valence-electron chi connectivity index (χ4n) is 4.31. The molecule has 6 rings (SSSR count). The maximum atomic E-state index is 13.4. The van der Waals surface area contributed by atoms with Crippen LogP contribution in [-0.2, 0) is 0 Å². The first-order chi connectivity index (χ1) is 17.1. The highest BCUT2D eigenvalue weighted by Crippen LogP contribution is 2.32. The van der Waals surface area contributed by atoms with Crippen molar-refractivity contribution in [2.75, 3.05) is 23.3 Å². The molecule has 1 saturated heterocycles. The largest absolute Gasteiger partial charge is 0.364 e. The van der Waals surface area contributed by atoms with Gasteiger partial charge in [0.15, 0.2) is 16.5 Å². The van der Waals surface area contributed by atoms with Gasteiger partial charge in [0.05, 0.1) is 15.9 Å². The first-order valence-electron chi connectivity index (χ1n) is 11.3. The molecule has 2 aromatic carbocycles. The molecule has 1 aliphatic heterocycles. The van der Waals surface area contributed by atoms with Crippen molar-refractivity contribution < 1.29 is 9.59 Å². The van der Waals surface area contributed by atoms with Crippen LogP contribution in [0.2, 0.25) is 0 Å². The van der Waals surface area contributed by atoms with E-state index in [0.717, 1.165) is 34.0 Å². The minimum atomic E-state index is -0.707. The molecule has 2 amide bonds. The number of amides is 2. The molecule has 0 aliphatic carbocycles. The lowest BCUT2D eigenvalue weighted by Crippen LogP contribution is -2.17. The first-order valence-corrected chi connectivity index (χ1v) is 12.1. The number of nitrogens with zero attached hydrogens (tertiary/aromatic N) is 5. The summed E-state index contributed by atoms with van der Waals surface area (Å²) in [6.45, 7) is 2.06. The molecule has 174 valence electrons. The van der Waals surface area contributed by atoms with Gasteiger partial charge in [0.1, 0.15) is 12.0 Å². The van der Waals surface area contributed by atoms with Gasteiger partial charge in [-0.15, -0.1) is 0 Å². The Labute approximate surface area is 204 Å². The number of rotatable bonds is 5. The zero-order valence-corrected chi connectivity index (χ0v) is 19.5. The number of primary amides is 1. The summed E-state index contributed by atoms with van der Waals surface area (Å²) < 4.78 is 2.49. The number of nitrogens with two attached hydrogens (primary N) is 1. The maximum Gasteiger partial charge on any atom is 0.272 e. The fraction of sp³-hybridized carbons (Fsp3) is 0.160. The molecule has 0 atom stereocenters. The number of fused-ring (bicyclic) bond motifs is 2. The molecule has 9 nitrogen and oxygen atoms in total. The van der Waals surface area contributed by atoms with Crippen molar-refractivity contribution in [1.29, 1.82) is 0 Å². The van der Waals surface area contributed by atoms with Crippen molar-refractivity contribution in [1.82, 2.24) is 19.4 Å². The van der Waals surface area contributed by atoms with Gasteiger partial charge in [0.25, 0.3) is 11.8 Å². The zero-order chi connectivity index (χ0) is 23.9. The van der Waals surface area contributed by atoms with E-state index in [9.17, 15) is 9.59 Å². The second kappa shape index (κ2) is 8.48. The van der Waals surface area contributed by atoms with Crippen molar-refractivity contribution in [3.8, 4) is 11.3 Å².